The van der Waals surface area contributed by atoms with Crippen molar-refractivity contribution in [3.05, 3.63) is 22.3 Å². The number of carbonyl (C=O) groups is 6. The van der Waals surface area contributed by atoms with Gasteiger partial charge in [0.15, 0.2) is 69.1 Å². The number of rotatable bonds is 5. The highest BCUT2D eigenvalue weighted by molar-refractivity contribution is 6.11. The zero-order valence-corrected chi connectivity index (χ0v) is 25.0. The maximum Gasteiger partial charge on any atom is 0.393 e. The summed E-state index contributed by atoms with van der Waals surface area (Å²) in [4.78, 5) is 72.7. The van der Waals surface area contributed by atoms with E-state index in [1.165, 1.54) is 13.8 Å². The third-order valence-corrected chi connectivity index (χ3v) is 7.50. The first-order chi connectivity index (χ1) is 22.0. The van der Waals surface area contributed by atoms with Crippen molar-refractivity contribution >= 4 is 35.1 Å². The fourth-order valence-corrected chi connectivity index (χ4v) is 5.52. The van der Waals surface area contributed by atoms with E-state index in [0.29, 0.717) is 34.1 Å². The standard InChI is InChI=1S/C17H16O10.C13H10O6/c1-7(18)10-12-13(25-6-24-12)11(8(2)19)15-14(10)26-17(27-15,16(21)23-4)5-9(20)22-3;14-6-1-3-16-10-8(6)12-13(19-5-18-12)9-7(15)2-4-17-11(9)10/h5-6H2,1-4H3;1-5H2. The smallest absolute Gasteiger partial charge is 0.393 e. The average molecular weight is 643 g/mol. The molecule has 0 atom stereocenters. The number of ether oxygens (including phenoxy) is 10. The van der Waals surface area contributed by atoms with E-state index in [0.717, 1.165) is 14.2 Å². The number of ketones is 4. The molecule has 0 amide bonds. The Hall–Kier alpha value is -5.54. The zero-order chi connectivity index (χ0) is 32.9. The average Bonchev–Trinajstić information content (AvgIpc) is 3.78. The van der Waals surface area contributed by atoms with Gasteiger partial charge in [-0.05, 0) is 13.8 Å². The highest BCUT2D eigenvalue weighted by atomic mass is 16.8. The Kier molecular flexibility index (Phi) is 7.57. The van der Waals surface area contributed by atoms with E-state index in [1.54, 1.807) is 0 Å². The fourth-order valence-electron chi connectivity index (χ4n) is 5.52. The van der Waals surface area contributed by atoms with E-state index in [-0.39, 0.29) is 85.3 Å². The molecule has 0 fully saturated rings. The number of Topliss-reactive ketones (excluding diaryl/α,β-unsaturated/α-hetero) is 4. The second-order valence-corrected chi connectivity index (χ2v) is 10.3. The number of hydrogen-bond acceptors (Lipinski definition) is 16. The Labute approximate surface area is 259 Å². The summed E-state index contributed by atoms with van der Waals surface area (Å²) in [5.41, 5.74) is 0.538. The summed E-state index contributed by atoms with van der Waals surface area (Å²) in [7, 11) is 2.19. The molecule has 46 heavy (non-hydrogen) atoms. The zero-order valence-electron chi connectivity index (χ0n) is 25.0. The van der Waals surface area contributed by atoms with Crippen LogP contribution in [0.25, 0.3) is 0 Å². The summed E-state index contributed by atoms with van der Waals surface area (Å²) >= 11 is 0. The minimum atomic E-state index is -2.26. The molecule has 0 aromatic heterocycles. The van der Waals surface area contributed by atoms with Gasteiger partial charge >= 0.3 is 17.7 Å². The van der Waals surface area contributed by atoms with Crippen LogP contribution in [0.15, 0.2) is 0 Å². The number of carbonyl (C=O) groups excluding carboxylic acids is 6. The van der Waals surface area contributed by atoms with Crippen LogP contribution >= 0.6 is 0 Å². The molecule has 7 rings (SSSR count). The largest absolute Gasteiger partial charge is 0.488 e. The summed E-state index contributed by atoms with van der Waals surface area (Å²) in [6.07, 6.45) is -0.100. The molecule has 242 valence electrons. The maximum absolute atomic E-state index is 12.4. The van der Waals surface area contributed by atoms with E-state index in [4.69, 9.17) is 37.9 Å². The molecular formula is C30H26O16. The minimum absolute atomic E-state index is 0.00120. The molecule has 5 heterocycles. The van der Waals surface area contributed by atoms with Crippen LogP contribution in [0.2, 0.25) is 0 Å². The normalized spacial score (nSPS) is 17.0. The molecule has 5 aliphatic heterocycles. The van der Waals surface area contributed by atoms with Gasteiger partial charge in [-0.3, -0.25) is 24.0 Å². The summed E-state index contributed by atoms with van der Waals surface area (Å²) in [5.74, 6) is -4.36. The van der Waals surface area contributed by atoms with Crippen molar-refractivity contribution in [3.8, 4) is 46.0 Å². The monoisotopic (exact) mass is 642 g/mol. The lowest BCUT2D eigenvalue weighted by Gasteiger charge is -2.25. The summed E-state index contributed by atoms with van der Waals surface area (Å²) in [5, 5.41) is 0. The van der Waals surface area contributed by atoms with Gasteiger partial charge in [-0.15, -0.1) is 0 Å². The number of methoxy groups -OCH3 is 2. The molecule has 5 aliphatic rings. The molecular weight excluding hydrogens is 616 g/mol. The van der Waals surface area contributed by atoms with Crippen LogP contribution in [0.1, 0.15) is 74.5 Å². The van der Waals surface area contributed by atoms with Gasteiger partial charge in [0, 0.05) is 12.8 Å². The maximum atomic E-state index is 12.4. The summed E-state index contributed by atoms with van der Waals surface area (Å²) in [6, 6.07) is 0. The van der Waals surface area contributed by atoms with Crippen molar-refractivity contribution in [3.63, 3.8) is 0 Å². The Morgan fingerprint density at radius 3 is 1.41 bits per heavy atom. The topological polar surface area (TPSA) is 195 Å². The lowest BCUT2D eigenvalue weighted by atomic mass is 9.95. The second kappa shape index (κ2) is 11.4. The molecule has 0 saturated heterocycles. The summed E-state index contributed by atoms with van der Waals surface area (Å²) < 4.78 is 52.9. The Morgan fingerprint density at radius 1 is 0.609 bits per heavy atom. The third kappa shape index (κ3) is 4.67. The first-order valence-corrected chi connectivity index (χ1v) is 13.9. The van der Waals surface area contributed by atoms with Crippen molar-refractivity contribution in [2.45, 2.75) is 38.9 Å². The van der Waals surface area contributed by atoms with Crippen LogP contribution in [0.5, 0.6) is 46.0 Å². The van der Waals surface area contributed by atoms with Gasteiger partial charge in [0.25, 0.3) is 0 Å². The lowest BCUT2D eigenvalue weighted by molar-refractivity contribution is -0.187. The van der Waals surface area contributed by atoms with Gasteiger partial charge in [-0.25, -0.2) is 4.79 Å². The van der Waals surface area contributed by atoms with E-state index < -0.39 is 35.7 Å². The Bertz CT molecular complexity index is 1630. The molecule has 0 bridgehead atoms. The minimum Gasteiger partial charge on any atom is -0.488 e. The Balaban J connectivity index is 0.000000171. The van der Waals surface area contributed by atoms with Crippen molar-refractivity contribution in [1.82, 2.24) is 0 Å². The molecule has 0 spiro atoms. The molecule has 0 unspecified atom stereocenters. The van der Waals surface area contributed by atoms with Crippen molar-refractivity contribution in [2.24, 2.45) is 0 Å². The Morgan fingerprint density at radius 2 is 1.02 bits per heavy atom. The highest BCUT2D eigenvalue weighted by Crippen LogP contribution is 2.56. The number of hydrogen-bond donors (Lipinski definition) is 0. The SMILES string of the molecule is COC(=O)CC1(C(=O)OC)Oc2c(c(C(C)=O)c3c(c2C(C)=O)OCO3)O1.O=C1CCOc2c3c(c4c(c21)OCO4)C(=O)CCO3. The first-order valence-electron chi connectivity index (χ1n) is 13.9. The highest BCUT2D eigenvalue weighted by Gasteiger charge is 2.56. The molecule has 0 N–H and O–H groups in total. The van der Waals surface area contributed by atoms with Crippen LogP contribution in [0.3, 0.4) is 0 Å². The van der Waals surface area contributed by atoms with E-state index in [2.05, 4.69) is 9.47 Å². The molecule has 2 aromatic carbocycles. The molecule has 16 heteroatoms. The lowest BCUT2D eigenvalue weighted by Crippen LogP contribution is -2.49. The quantitative estimate of drug-likeness (QED) is 0.340. The van der Waals surface area contributed by atoms with Crippen molar-refractivity contribution in [2.75, 3.05) is 41.0 Å². The van der Waals surface area contributed by atoms with Gasteiger partial charge in [0.2, 0.25) is 13.6 Å². The predicted molar refractivity (Wildman–Crippen MR) is 147 cm³/mol. The number of fused-ring (bicyclic) bond motifs is 8. The molecule has 0 radical (unpaired) electrons. The van der Waals surface area contributed by atoms with E-state index in [9.17, 15) is 28.8 Å². The molecule has 2 aromatic rings. The van der Waals surface area contributed by atoms with E-state index in [1.807, 2.05) is 0 Å². The van der Waals surface area contributed by atoms with Crippen LogP contribution in [-0.4, -0.2) is 81.9 Å². The number of benzene rings is 2. The molecule has 0 aliphatic carbocycles. The predicted octanol–water partition coefficient (Wildman–Crippen LogP) is 2.37. The molecule has 0 saturated carbocycles. The molecule has 16 nitrogen and oxygen atoms in total. The van der Waals surface area contributed by atoms with Crippen LogP contribution < -0.4 is 37.9 Å². The third-order valence-electron chi connectivity index (χ3n) is 7.50. The van der Waals surface area contributed by atoms with Gasteiger partial charge < -0.3 is 47.4 Å². The number of esters is 2. The fraction of sp³-hybridized carbons (Fsp3) is 0.400. The van der Waals surface area contributed by atoms with Crippen LogP contribution in [0, 0.1) is 0 Å². The first kappa shape index (κ1) is 30.5. The van der Waals surface area contributed by atoms with Crippen molar-refractivity contribution < 1.29 is 76.1 Å². The van der Waals surface area contributed by atoms with Crippen LogP contribution in [-0.2, 0) is 19.1 Å². The van der Waals surface area contributed by atoms with Gasteiger partial charge in [0.1, 0.15) is 28.7 Å². The van der Waals surface area contributed by atoms with Gasteiger partial charge in [-0.1, -0.05) is 0 Å². The van der Waals surface area contributed by atoms with E-state index >= 15 is 0 Å². The van der Waals surface area contributed by atoms with Gasteiger partial charge in [0.05, 0.1) is 27.4 Å². The van der Waals surface area contributed by atoms with Crippen LogP contribution in [0.4, 0.5) is 0 Å². The summed E-state index contributed by atoms with van der Waals surface area (Å²) in [6.45, 7) is 2.85. The second-order valence-electron chi connectivity index (χ2n) is 10.3. The van der Waals surface area contributed by atoms with Crippen molar-refractivity contribution in [1.29, 1.82) is 0 Å². The van der Waals surface area contributed by atoms with Gasteiger partial charge in [-0.2, -0.15) is 0 Å².